The number of nitrogens with zero attached hydrogens (tertiary/aromatic N) is 1. The van der Waals surface area contributed by atoms with Crippen molar-refractivity contribution in [2.24, 2.45) is 0 Å². The molecule has 0 aliphatic carbocycles. The monoisotopic (exact) mass is 451 g/mol. The predicted molar refractivity (Wildman–Crippen MR) is 129 cm³/mol. The van der Waals surface area contributed by atoms with Gasteiger partial charge in [0, 0.05) is 15.6 Å². The van der Waals surface area contributed by atoms with Gasteiger partial charge in [-0.05, 0) is 35.0 Å². The van der Waals surface area contributed by atoms with E-state index in [1.165, 1.54) is 16.2 Å². The van der Waals surface area contributed by atoms with Gasteiger partial charge in [0.1, 0.15) is 11.6 Å². The minimum Gasteiger partial charge on any atom is -0.503 e. The van der Waals surface area contributed by atoms with Gasteiger partial charge in [-0.2, -0.15) is 0 Å². The number of furan rings is 1. The number of para-hydroxylation sites is 1. The van der Waals surface area contributed by atoms with E-state index in [4.69, 9.17) is 4.42 Å². The number of fused-ring (bicyclic) bond motifs is 2. The van der Waals surface area contributed by atoms with Crippen LogP contribution in [0.2, 0.25) is 0 Å². The summed E-state index contributed by atoms with van der Waals surface area (Å²) in [5.41, 5.74) is 1.23. The number of anilines is 1. The molecule has 33 heavy (non-hydrogen) atoms. The maximum Gasteiger partial charge on any atom is 0.294 e. The van der Waals surface area contributed by atoms with Crippen molar-refractivity contribution in [2.75, 3.05) is 4.90 Å². The highest BCUT2D eigenvalue weighted by molar-refractivity contribution is 7.10. The third-order valence-corrected chi connectivity index (χ3v) is 6.87. The zero-order valence-corrected chi connectivity index (χ0v) is 18.1. The molecule has 0 spiro atoms. The van der Waals surface area contributed by atoms with Gasteiger partial charge >= 0.3 is 0 Å². The standard InChI is InChI=1S/C27H17NO4S/c29-25(21-15-17-8-2-4-12-20(17)32-21)23-24(22-13-6-14-33-22)28(27(31)26(23)30)19-11-5-9-16-7-1-3-10-18(16)19/h1-15,24,30H. The highest BCUT2D eigenvalue weighted by atomic mass is 32.1. The van der Waals surface area contributed by atoms with Gasteiger partial charge in [0.25, 0.3) is 5.91 Å². The summed E-state index contributed by atoms with van der Waals surface area (Å²) in [7, 11) is 0. The molecule has 3 heterocycles. The lowest BCUT2D eigenvalue weighted by atomic mass is 9.99. The number of ketones is 1. The first-order chi connectivity index (χ1) is 16.1. The van der Waals surface area contributed by atoms with Crippen molar-refractivity contribution < 1.29 is 19.1 Å². The molecule has 1 amide bonds. The second-order valence-corrected chi connectivity index (χ2v) is 8.81. The van der Waals surface area contributed by atoms with E-state index in [0.717, 1.165) is 21.0 Å². The normalized spacial score (nSPS) is 16.3. The van der Waals surface area contributed by atoms with E-state index in [1.807, 2.05) is 78.2 Å². The highest BCUT2D eigenvalue weighted by Gasteiger charge is 2.46. The van der Waals surface area contributed by atoms with Crippen LogP contribution in [0.25, 0.3) is 21.7 Å². The summed E-state index contributed by atoms with van der Waals surface area (Å²) in [5.74, 6) is -1.57. The highest BCUT2D eigenvalue weighted by Crippen LogP contribution is 2.45. The largest absolute Gasteiger partial charge is 0.503 e. The van der Waals surface area contributed by atoms with Gasteiger partial charge in [-0.3, -0.25) is 14.5 Å². The van der Waals surface area contributed by atoms with E-state index in [9.17, 15) is 14.7 Å². The second kappa shape index (κ2) is 7.46. The zero-order chi connectivity index (χ0) is 22.5. The number of hydrogen-bond acceptors (Lipinski definition) is 5. The van der Waals surface area contributed by atoms with Crippen LogP contribution in [-0.2, 0) is 4.79 Å². The number of carbonyl (C=O) groups excluding carboxylic acids is 2. The van der Waals surface area contributed by atoms with Crippen molar-refractivity contribution in [2.45, 2.75) is 6.04 Å². The first kappa shape index (κ1) is 19.5. The van der Waals surface area contributed by atoms with E-state index >= 15 is 0 Å². The topological polar surface area (TPSA) is 70.8 Å². The fourth-order valence-corrected chi connectivity index (χ4v) is 5.27. The van der Waals surface area contributed by atoms with Crippen LogP contribution in [0.15, 0.2) is 106 Å². The van der Waals surface area contributed by atoms with E-state index < -0.39 is 23.5 Å². The Balaban J connectivity index is 1.53. The smallest absolute Gasteiger partial charge is 0.294 e. The first-order valence-electron chi connectivity index (χ1n) is 10.4. The lowest BCUT2D eigenvalue weighted by Crippen LogP contribution is -2.30. The minimum absolute atomic E-state index is 0.0226. The Kier molecular flexibility index (Phi) is 4.41. The van der Waals surface area contributed by atoms with Crippen molar-refractivity contribution in [3.8, 4) is 0 Å². The van der Waals surface area contributed by atoms with Crippen LogP contribution in [0.5, 0.6) is 0 Å². The third-order valence-electron chi connectivity index (χ3n) is 5.94. The number of rotatable bonds is 4. The molecule has 0 saturated carbocycles. The Hall–Kier alpha value is -4.16. The molecular formula is C27H17NO4S. The number of benzene rings is 3. The second-order valence-electron chi connectivity index (χ2n) is 7.83. The summed E-state index contributed by atoms with van der Waals surface area (Å²) in [5, 5.41) is 15.5. The van der Waals surface area contributed by atoms with E-state index in [1.54, 1.807) is 12.1 Å². The summed E-state index contributed by atoms with van der Waals surface area (Å²) in [6, 6.07) is 25.3. The molecular weight excluding hydrogens is 434 g/mol. The number of aliphatic hydroxyl groups excluding tert-OH is 1. The third kappa shape index (κ3) is 2.99. The fourth-order valence-electron chi connectivity index (χ4n) is 4.45. The molecule has 2 aromatic heterocycles. The van der Waals surface area contributed by atoms with Gasteiger partial charge in [-0.25, -0.2) is 0 Å². The van der Waals surface area contributed by atoms with E-state index in [0.29, 0.717) is 11.3 Å². The Morgan fingerprint density at radius 2 is 1.67 bits per heavy atom. The number of Topliss-reactive ketones (excluding diaryl/α,β-unsaturated/α-hetero) is 1. The molecule has 0 radical (unpaired) electrons. The summed E-state index contributed by atoms with van der Waals surface area (Å²) in [4.78, 5) is 29.3. The number of aliphatic hydroxyl groups is 1. The SMILES string of the molecule is O=C(C1=C(O)C(=O)N(c2cccc3ccccc23)C1c1cccs1)c1cc2ccccc2o1. The van der Waals surface area contributed by atoms with Gasteiger partial charge in [0.2, 0.25) is 5.78 Å². The Bertz CT molecular complexity index is 1540. The lowest BCUT2D eigenvalue weighted by Gasteiger charge is -2.26. The molecule has 6 rings (SSSR count). The number of thiophene rings is 1. The van der Waals surface area contributed by atoms with Crippen LogP contribution < -0.4 is 4.90 Å². The van der Waals surface area contributed by atoms with Crippen molar-refractivity contribution in [3.05, 3.63) is 112 Å². The average Bonchev–Trinajstić information content (AvgIpc) is 3.57. The molecule has 5 nitrogen and oxygen atoms in total. The number of carbonyl (C=O) groups is 2. The molecule has 1 aliphatic rings. The Morgan fingerprint density at radius 1 is 0.909 bits per heavy atom. The molecule has 0 saturated heterocycles. The van der Waals surface area contributed by atoms with Crippen molar-refractivity contribution in [3.63, 3.8) is 0 Å². The zero-order valence-electron chi connectivity index (χ0n) is 17.3. The van der Waals surface area contributed by atoms with Crippen LogP contribution in [0.1, 0.15) is 21.5 Å². The summed E-state index contributed by atoms with van der Waals surface area (Å²) >= 11 is 1.43. The van der Waals surface area contributed by atoms with Crippen LogP contribution in [-0.4, -0.2) is 16.8 Å². The number of amides is 1. The molecule has 1 aliphatic heterocycles. The van der Waals surface area contributed by atoms with E-state index in [-0.39, 0.29) is 11.3 Å². The van der Waals surface area contributed by atoms with Gasteiger partial charge in [0.05, 0.1) is 11.3 Å². The fraction of sp³-hybridized carbons (Fsp3) is 0.0370. The summed E-state index contributed by atoms with van der Waals surface area (Å²) in [6.45, 7) is 0. The number of hydrogen-bond donors (Lipinski definition) is 1. The van der Waals surface area contributed by atoms with Crippen molar-refractivity contribution in [1.82, 2.24) is 0 Å². The van der Waals surface area contributed by atoms with Crippen LogP contribution >= 0.6 is 11.3 Å². The molecule has 160 valence electrons. The predicted octanol–water partition coefficient (Wildman–Crippen LogP) is 6.43. The lowest BCUT2D eigenvalue weighted by molar-refractivity contribution is -0.117. The molecule has 0 fully saturated rings. The summed E-state index contributed by atoms with van der Waals surface area (Å²) < 4.78 is 5.78. The minimum atomic E-state index is -0.760. The molecule has 3 aromatic carbocycles. The van der Waals surface area contributed by atoms with Crippen LogP contribution in [0, 0.1) is 0 Å². The Morgan fingerprint density at radius 3 is 2.45 bits per heavy atom. The summed E-state index contributed by atoms with van der Waals surface area (Å²) in [6.07, 6.45) is 0. The molecule has 5 aromatic rings. The van der Waals surface area contributed by atoms with Gasteiger partial charge in [0.15, 0.2) is 11.5 Å². The van der Waals surface area contributed by atoms with Gasteiger partial charge in [-0.1, -0.05) is 60.7 Å². The van der Waals surface area contributed by atoms with E-state index in [2.05, 4.69) is 0 Å². The first-order valence-corrected chi connectivity index (χ1v) is 11.3. The van der Waals surface area contributed by atoms with Crippen molar-refractivity contribution in [1.29, 1.82) is 0 Å². The maximum atomic E-state index is 13.6. The van der Waals surface area contributed by atoms with Crippen molar-refractivity contribution >= 4 is 50.5 Å². The molecule has 1 atom stereocenters. The quantitative estimate of drug-likeness (QED) is 0.320. The van der Waals surface area contributed by atoms with Gasteiger partial charge in [-0.15, -0.1) is 11.3 Å². The molecule has 1 N–H and O–H groups in total. The Labute approximate surface area is 192 Å². The van der Waals surface area contributed by atoms with Crippen LogP contribution in [0.3, 0.4) is 0 Å². The molecule has 6 heteroatoms. The average molecular weight is 452 g/mol. The maximum absolute atomic E-state index is 13.6. The van der Waals surface area contributed by atoms with Crippen LogP contribution in [0.4, 0.5) is 5.69 Å². The molecule has 0 bridgehead atoms. The molecule has 1 unspecified atom stereocenters. The van der Waals surface area contributed by atoms with Gasteiger partial charge < -0.3 is 9.52 Å².